The first-order valence-corrected chi connectivity index (χ1v) is 8.99. The molecule has 166 valence electrons. The summed E-state index contributed by atoms with van der Waals surface area (Å²) in [5.74, 6) is -1.86. The second kappa shape index (κ2) is 8.79. The van der Waals surface area contributed by atoms with Crippen molar-refractivity contribution in [3.05, 3.63) is 76.7 Å². The van der Waals surface area contributed by atoms with Crippen molar-refractivity contribution in [2.45, 2.75) is 12.6 Å². The summed E-state index contributed by atoms with van der Waals surface area (Å²) in [4.78, 5) is 41.6. The number of urea groups is 1. The standard InChI is InChI=1S/C20H16F3N5O4/c21-20(22,23)12-5-7-13(8-6-12)25-19(32)28-17-15(16(24)29)26-14(27-17)9-10-1-3-11(4-2-10)18(30)31/h1-8H,9H2,(H2,24,29)(H,26,27)(H,30,31)(H2,25,28,32). The van der Waals surface area contributed by atoms with Crippen LogP contribution in [0.4, 0.5) is 29.5 Å². The molecule has 0 aliphatic heterocycles. The molecule has 3 amide bonds. The number of nitrogens with zero attached hydrogens (tertiary/aromatic N) is 1. The number of carboxylic acid groups (broad SMARTS) is 1. The summed E-state index contributed by atoms with van der Waals surface area (Å²) in [7, 11) is 0. The van der Waals surface area contributed by atoms with Crippen LogP contribution in [0.5, 0.6) is 0 Å². The molecular weight excluding hydrogens is 431 g/mol. The topological polar surface area (TPSA) is 150 Å². The molecule has 0 aliphatic rings. The third kappa shape index (κ3) is 5.41. The summed E-state index contributed by atoms with van der Waals surface area (Å²) in [6.07, 6.45) is -4.32. The van der Waals surface area contributed by atoms with E-state index >= 15 is 0 Å². The number of carbonyl (C=O) groups excluding carboxylic acids is 2. The van der Waals surface area contributed by atoms with Gasteiger partial charge in [-0.1, -0.05) is 12.1 Å². The zero-order valence-corrected chi connectivity index (χ0v) is 16.2. The van der Waals surface area contributed by atoms with Crippen molar-refractivity contribution in [3.8, 4) is 0 Å². The van der Waals surface area contributed by atoms with Gasteiger partial charge in [0.2, 0.25) is 0 Å². The Balaban J connectivity index is 1.71. The van der Waals surface area contributed by atoms with Crippen LogP contribution in [0.3, 0.4) is 0 Å². The highest BCUT2D eigenvalue weighted by molar-refractivity contribution is 6.04. The molecule has 0 unspecified atom stereocenters. The SMILES string of the molecule is NC(=O)c1[nH]c(Cc2ccc(C(=O)O)cc2)nc1NC(=O)Nc1ccc(C(F)(F)F)cc1. The third-order valence-corrected chi connectivity index (χ3v) is 4.27. The van der Waals surface area contributed by atoms with E-state index < -0.39 is 29.6 Å². The van der Waals surface area contributed by atoms with E-state index in [2.05, 4.69) is 20.6 Å². The molecule has 2 aromatic carbocycles. The highest BCUT2D eigenvalue weighted by Gasteiger charge is 2.30. The predicted octanol–water partition coefficient (Wildman–Crippen LogP) is 3.46. The summed E-state index contributed by atoms with van der Waals surface area (Å²) in [5, 5.41) is 13.6. The number of nitrogens with two attached hydrogens (primary N) is 1. The van der Waals surface area contributed by atoms with Gasteiger partial charge in [-0.3, -0.25) is 10.1 Å². The van der Waals surface area contributed by atoms with E-state index in [-0.39, 0.29) is 35.0 Å². The lowest BCUT2D eigenvalue weighted by molar-refractivity contribution is -0.137. The van der Waals surface area contributed by atoms with Crippen LogP contribution in [0.2, 0.25) is 0 Å². The number of aromatic nitrogens is 2. The second-order valence-electron chi connectivity index (χ2n) is 6.60. The fraction of sp³-hybridized carbons (Fsp3) is 0.100. The number of anilines is 2. The minimum Gasteiger partial charge on any atom is -0.478 e. The number of carboxylic acids is 1. The van der Waals surface area contributed by atoms with Gasteiger partial charge in [0.25, 0.3) is 5.91 Å². The smallest absolute Gasteiger partial charge is 0.416 e. The number of rotatable bonds is 6. The number of hydrogen-bond acceptors (Lipinski definition) is 4. The maximum absolute atomic E-state index is 12.6. The van der Waals surface area contributed by atoms with Crippen molar-refractivity contribution in [2.75, 3.05) is 10.6 Å². The first-order valence-electron chi connectivity index (χ1n) is 8.99. The number of primary amides is 1. The van der Waals surface area contributed by atoms with Gasteiger partial charge < -0.3 is 21.1 Å². The Morgan fingerprint density at radius 3 is 2.16 bits per heavy atom. The van der Waals surface area contributed by atoms with Gasteiger partial charge in [-0.2, -0.15) is 13.2 Å². The predicted molar refractivity (Wildman–Crippen MR) is 107 cm³/mol. The monoisotopic (exact) mass is 447 g/mol. The first-order chi connectivity index (χ1) is 15.0. The number of nitrogens with one attached hydrogen (secondary N) is 3. The van der Waals surface area contributed by atoms with E-state index in [0.717, 1.165) is 24.3 Å². The number of hydrogen-bond donors (Lipinski definition) is 5. The average molecular weight is 447 g/mol. The maximum atomic E-state index is 12.6. The molecule has 1 heterocycles. The Bertz CT molecular complexity index is 1160. The van der Waals surface area contributed by atoms with Crippen molar-refractivity contribution in [1.29, 1.82) is 0 Å². The van der Waals surface area contributed by atoms with Crippen molar-refractivity contribution >= 4 is 29.4 Å². The average Bonchev–Trinajstić information content (AvgIpc) is 3.10. The normalized spacial score (nSPS) is 11.1. The molecule has 0 atom stereocenters. The zero-order valence-electron chi connectivity index (χ0n) is 16.2. The number of benzene rings is 2. The molecule has 0 saturated carbocycles. The number of imidazole rings is 1. The second-order valence-corrected chi connectivity index (χ2v) is 6.60. The van der Waals surface area contributed by atoms with Crippen molar-refractivity contribution in [1.82, 2.24) is 9.97 Å². The molecule has 9 nitrogen and oxygen atoms in total. The molecular formula is C20H16F3N5O4. The molecule has 0 aliphatic carbocycles. The summed E-state index contributed by atoms with van der Waals surface area (Å²) >= 11 is 0. The molecule has 0 saturated heterocycles. The summed E-state index contributed by atoms with van der Waals surface area (Å²) in [5.41, 5.74) is 5.14. The quantitative estimate of drug-likeness (QED) is 0.392. The molecule has 1 aromatic heterocycles. The van der Waals surface area contributed by atoms with Crippen molar-refractivity contribution < 1.29 is 32.7 Å². The Morgan fingerprint density at radius 2 is 1.62 bits per heavy atom. The van der Waals surface area contributed by atoms with E-state index in [9.17, 15) is 27.6 Å². The van der Waals surface area contributed by atoms with Crippen LogP contribution in [0.15, 0.2) is 48.5 Å². The minimum atomic E-state index is -4.50. The molecule has 0 spiro atoms. The van der Waals surface area contributed by atoms with Gasteiger partial charge in [0, 0.05) is 12.1 Å². The number of carbonyl (C=O) groups is 3. The van der Waals surface area contributed by atoms with Crippen LogP contribution >= 0.6 is 0 Å². The van der Waals surface area contributed by atoms with E-state index in [1.807, 2.05) is 0 Å². The lowest BCUT2D eigenvalue weighted by Gasteiger charge is -2.09. The Labute approximate surface area is 178 Å². The molecule has 3 aromatic rings. The molecule has 3 rings (SSSR count). The fourth-order valence-electron chi connectivity index (χ4n) is 2.75. The van der Waals surface area contributed by atoms with Gasteiger partial charge in [0.15, 0.2) is 5.82 Å². The fourth-order valence-corrected chi connectivity index (χ4v) is 2.75. The Hall–Kier alpha value is -4.35. The van der Waals surface area contributed by atoms with Crippen LogP contribution in [0.1, 0.15) is 37.8 Å². The number of aromatic amines is 1. The zero-order chi connectivity index (χ0) is 23.5. The molecule has 32 heavy (non-hydrogen) atoms. The van der Waals surface area contributed by atoms with Gasteiger partial charge in [-0.05, 0) is 42.0 Å². The molecule has 12 heteroatoms. The summed E-state index contributed by atoms with van der Waals surface area (Å²) in [6.45, 7) is 0. The van der Waals surface area contributed by atoms with Crippen molar-refractivity contribution in [2.24, 2.45) is 5.73 Å². The molecule has 0 radical (unpaired) electrons. The third-order valence-electron chi connectivity index (χ3n) is 4.27. The van der Waals surface area contributed by atoms with E-state index in [1.54, 1.807) is 12.1 Å². The van der Waals surface area contributed by atoms with Gasteiger partial charge in [-0.25, -0.2) is 14.6 Å². The molecule has 0 bridgehead atoms. The minimum absolute atomic E-state index is 0.0883. The number of alkyl halides is 3. The van der Waals surface area contributed by atoms with Crippen LogP contribution < -0.4 is 16.4 Å². The van der Waals surface area contributed by atoms with Gasteiger partial charge >= 0.3 is 18.2 Å². The van der Waals surface area contributed by atoms with Crippen molar-refractivity contribution in [3.63, 3.8) is 0 Å². The van der Waals surface area contributed by atoms with Crippen LogP contribution in [-0.2, 0) is 12.6 Å². The van der Waals surface area contributed by atoms with E-state index in [0.29, 0.717) is 5.56 Å². The summed E-state index contributed by atoms with van der Waals surface area (Å²) < 4.78 is 37.9. The summed E-state index contributed by atoms with van der Waals surface area (Å²) in [6, 6.07) is 8.89. The van der Waals surface area contributed by atoms with E-state index in [4.69, 9.17) is 10.8 Å². The maximum Gasteiger partial charge on any atom is 0.416 e. The van der Waals surface area contributed by atoms with E-state index in [1.165, 1.54) is 12.1 Å². The van der Waals surface area contributed by atoms with Crippen LogP contribution in [0.25, 0.3) is 0 Å². The molecule has 6 N–H and O–H groups in total. The number of halogens is 3. The lowest BCUT2D eigenvalue weighted by Crippen LogP contribution is -2.22. The Kier molecular flexibility index (Phi) is 6.14. The first kappa shape index (κ1) is 22.3. The van der Waals surface area contributed by atoms with Crippen LogP contribution in [-0.4, -0.2) is 33.0 Å². The molecule has 0 fully saturated rings. The van der Waals surface area contributed by atoms with Crippen LogP contribution in [0, 0.1) is 0 Å². The number of amides is 3. The number of H-pyrrole nitrogens is 1. The highest BCUT2D eigenvalue weighted by atomic mass is 19.4. The largest absolute Gasteiger partial charge is 0.478 e. The van der Waals surface area contributed by atoms with Gasteiger partial charge in [-0.15, -0.1) is 0 Å². The highest BCUT2D eigenvalue weighted by Crippen LogP contribution is 2.29. The lowest BCUT2D eigenvalue weighted by atomic mass is 10.1. The van der Waals surface area contributed by atoms with Gasteiger partial charge in [0.1, 0.15) is 11.5 Å². The Morgan fingerprint density at radius 1 is 1.00 bits per heavy atom. The van der Waals surface area contributed by atoms with Gasteiger partial charge in [0.05, 0.1) is 11.1 Å². The number of aromatic carboxylic acids is 1.